The van der Waals surface area contributed by atoms with Crippen molar-refractivity contribution >= 4 is 17.2 Å². The van der Waals surface area contributed by atoms with Crippen LogP contribution in [0.5, 0.6) is 5.75 Å². The normalized spacial score (nSPS) is 11.2. The van der Waals surface area contributed by atoms with Gasteiger partial charge in [-0.15, -0.1) is 0 Å². The van der Waals surface area contributed by atoms with Crippen LogP contribution < -0.4 is 10.5 Å². The monoisotopic (exact) mass is 250 g/mol. The van der Waals surface area contributed by atoms with Gasteiger partial charge < -0.3 is 10.5 Å². The smallest absolute Gasteiger partial charge is 0.392 e. The Bertz CT molecular complexity index is 381. The van der Waals surface area contributed by atoms with Crippen molar-refractivity contribution in [3.63, 3.8) is 0 Å². The van der Waals surface area contributed by atoms with Crippen LogP contribution in [0.3, 0.4) is 0 Å². The minimum Gasteiger partial charge on any atom is -0.491 e. The summed E-state index contributed by atoms with van der Waals surface area (Å²) in [4.78, 5) is 3.81. The van der Waals surface area contributed by atoms with Crippen molar-refractivity contribution in [1.82, 2.24) is 4.98 Å². The highest BCUT2D eigenvalue weighted by Crippen LogP contribution is 2.21. The molecule has 16 heavy (non-hydrogen) atoms. The molecule has 2 N–H and O–H groups in total. The Hall–Kier alpha value is -1.37. The van der Waals surface area contributed by atoms with Gasteiger partial charge in [-0.3, -0.25) is 0 Å². The number of aromatic nitrogens is 1. The summed E-state index contributed by atoms with van der Waals surface area (Å²) in [5.41, 5.74) is 5.53. The molecule has 0 aliphatic carbocycles. The molecule has 3 nitrogen and oxygen atoms in total. The second kappa shape index (κ2) is 5.11. The first-order chi connectivity index (χ1) is 7.40. The molecular weight excluding hydrogens is 241 g/mol. The summed E-state index contributed by atoms with van der Waals surface area (Å²) in [6.45, 7) is -0.481. The zero-order valence-corrected chi connectivity index (χ0v) is 8.94. The number of pyridine rings is 1. The van der Waals surface area contributed by atoms with Crippen LogP contribution in [0.25, 0.3) is 0 Å². The lowest BCUT2D eigenvalue weighted by Crippen LogP contribution is -2.16. The van der Waals surface area contributed by atoms with Crippen molar-refractivity contribution in [2.75, 3.05) is 6.61 Å². The number of nitrogens with zero attached hydrogens (tertiary/aromatic N) is 1. The summed E-state index contributed by atoms with van der Waals surface area (Å²) in [5.74, 6) is 0.166. The average molecular weight is 250 g/mol. The van der Waals surface area contributed by atoms with Gasteiger partial charge in [0.1, 0.15) is 16.4 Å². The van der Waals surface area contributed by atoms with E-state index in [0.717, 1.165) is 0 Å². The number of ether oxygens (including phenoxy) is 1. The molecule has 1 aromatic rings. The summed E-state index contributed by atoms with van der Waals surface area (Å²) in [5, 5.41) is 0. The van der Waals surface area contributed by atoms with Crippen LogP contribution in [-0.4, -0.2) is 22.8 Å². The van der Waals surface area contributed by atoms with Crippen LogP contribution in [0.2, 0.25) is 0 Å². The maximum absolute atomic E-state index is 11.9. The Labute approximate surface area is 95.4 Å². The third-order valence-electron chi connectivity index (χ3n) is 1.65. The second-order valence-corrected chi connectivity index (χ2v) is 3.37. The Morgan fingerprint density at radius 1 is 1.50 bits per heavy atom. The number of thiocarbonyl (C=S) groups is 1. The van der Waals surface area contributed by atoms with Crippen LogP contribution in [-0.2, 0) is 0 Å². The first kappa shape index (κ1) is 12.7. The molecule has 0 atom stereocenters. The zero-order chi connectivity index (χ0) is 12.2. The number of halogens is 3. The third kappa shape index (κ3) is 4.01. The van der Waals surface area contributed by atoms with Crippen molar-refractivity contribution in [2.24, 2.45) is 5.73 Å². The van der Waals surface area contributed by atoms with Gasteiger partial charge >= 0.3 is 6.18 Å². The zero-order valence-electron chi connectivity index (χ0n) is 8.12. The highest BCUT2D eigenvalue weighted by Gasteiger charge is 2.27. The van der Waals surface area contributed by atoms with E-state index in [-0.39, 0.29) is 16.4 Å². The van der Waals surface area contributed by atoms with Crippen LogP contribution in [0.15, 0.2) is 18.3 Å². The molecule has 0 saturated carbocycles. The van der Waals surface area contributed by atoms with Crippen LogP contribution >= 0.6 is 12.2 Å². The van der Waals surface area contributed by atoms with Gasteiger partial charge in [0.15, 0.2) is 0 Å². The molecule has 1 heterocycles. The lowest BCUT2D eigenvalue weighted by Gasteiger charge is -2.10. The van der Waals surface area contributed by atoms with E-state index in [1.807, 2.05) is 0 Å². The van der Waals surface area contributed by atoms with Crippen molar-refractivity contribution in [3.8, 4) is 5.75 Å². The lowest BCUT2D eigenvalue weighted by molar-refractivity contribution is -0.139. The van der Waals surface area contributed by atoms with E-state index in [1.54, 1.807) is 0 Å². The average Bonchev–Trinajstić information content (AvgIpc) is 2.16. The maximum atomic E-state index is 11.9. The van der Waals surface area contributed by atoms with E-state index >= 15 is 0 Å². The summed E-state index contributed by atoms with van der Waals surface area (Å²) >= 11 is 4.69. The van der Waals surface area contributed by atoms with Gasteiger partial charge in [0, 0.05) is 6.20 Å². The maximum Gasteiger partial charge on any atom is 0.392 e. The topological polar surface area (TPSA) is 48.1 Å². The Morgan fingerprint density at radius 3 is 2.75 bits per heavy atom. The standard InChI is InChI=1S/C9H9F3N2OS/c10-9(11,12)3-5-15-6-2-1-4-14-7(6)8(13)16/h1-2,4H,3,5H2,(H2,13,16). The van der Waals surface area contributed by atoms with Gasteiger partial charge in [-0.1, -0.05) is 12.2 Å². The quantitative estimate of drug-likeness (QED) is 0.831. The molecule has 1 aromatic heterocycles. The summed E-state index contributed by atoms with van der Waals surface area (Å²) in [6.07, 6.45) is -3.84. The summed E-state index contributed by atoms with van der Waals surface area (Å²) < 4.78 is 40.5. The van der Waals surface area contributed by atoms with E-state index in [9.17, 15) is 13.2 Å². The van der Waals surface area contributed by atoms with Gasteiger partial charge in [0.25, 0.3) is 0 Å². The van der Waals surface area contributed by atoms with Crippen molar-refractivity contribution < 1.29 is 17.9 Å². The number of alkyl halides is 3. The number of hydrogen-bond donors (Lipinski definition) is 1. The molecule has 0 saturated heterocycles. The highest BCUT2D eigenvalue weighted by molar-refractivity contribution is 7.80. The minimum atomic E-state index is -4.24. The van der Waals surface area contributed by atoms with E-state index in [0.29, 0.717) is 0 Å². The summed E-state index contributed by atoms with van der Waals surface area (Å²) in [6, 6.07) is 3.00. The molecule has 0 aromatic carbocycles. The highest BCUT2D eigenvalue weighted by atomic mass is 32.1. The molecule has 0 aliphatic heterocycles. The number of rotatable bonds is 4. The minimum absolute atomic E-state index is 0.0115. The van der Waals surface area contributed by atoms with Crippen LogP contribution in [0.4, 0.5) is 13.2 Å². The van der Waals surface area contributed by atoms with Crippen LogP contribution in [0, 0.1) is 0 Å². The number of hydrogen-bond acceptors (Lipinski definition) is 3. The first-order valence-corrected chi connectivity index (χ1v) is 4.75. The first-order valence-electron chi connectivity index (χ1n) is 4.34. The molecule has 0 bridgehead atoms. The Kier molecular flexibility index (Phi) is 4.05. The van der Waals surface area contributed by atoms with E-state index in [4.69, 9.17) is 10.5 Å². The molecule has 88 valence electrons. The second-order valence-electron chi connectivity index (χ2n) is 2.93. The molecule has 1 rings (SSSR count). The fraction of sp³-hybridized carbons (Fsp3) is 0.333. The molecule has 7 heteroatoms. The fourth-order valence-electron chi connectivity index (χ4n) is 0.969. The predicted molar refractivity (Wildman–Crippen MR) is 56.3 cm³/mol. The number of nitrogens with two attached hydrogens (primary N) is 1. The van der Waals surface area contributed by atoms with E-state index in [2.05, 4.69) is 17.2 Å². The van der Waals surface area contributed by atoms with Gasteiger partial charge in [-0.2, -0.15) is 13.2 Å². The van der Waals surface area contributed by atoms with Crippen LogP contribution in [0.1, 0.15) is 12.1 Å². The summed E-state index contributed by atoms with van der Waals surface area (Å²) in [7, 11) is 0. The SMILES string of the molecule is NC(=S)c1ncccc1OCCC(F)(F)F. The fourth-order valence-corrected chi connectivity index (χ4v) is 1.12. The molecular formula is C9H9F3N2OS. The predicted octanol–water partition coefficient (Wildman–Crippen LogP) is 2.05. The molecule has 0 amide bonds. The van der Waals surface area contributed by atoms with Crippen molar-refractivity contribution in [1.29, 1.82) is 0 Å². The van der Waals surface area contributed by atoms with Gasteiger partial charge in [0.2, 0.25) is 0 Å². The third-order valence-corrected chi connectivity index (χ3v) is 1.84. The molecule has 0 fully saturated rings. The van der Waals surface area contributed by atoms with Gasteiger partial charge in [0.05, 0.1) is 13.0 Å². The lowest BCUT2D eigenvalue weighted by atomic mass is 10.3. The van der Waals surface area contributed by atoms with Gasteiger partial charge in [-0.05, 0) is 12.1 Å². The molecule has 0 aliphatic rings. The largest absolute Gasteiger partial charge is 0.491 e. The van der Waals surface area contributed by atoms with E-state index < -0.39 is 19.2 Å². The van der Waals surface area contributed by atoms with Crippen molar-refractivity contribution in [3.05, 3.63) is 24.0 Å². The molecule has 0 radical (unpaired) electrons. The van der Waals surface area contributed by atoms with Gasteiger partial charge in [-0.25, -0.2) is 4.98 Å². The molecule has 0 spiro atoms. The Morgan fingerprint density at radius 2 is 2.19 bits per heavy atom. The van der Waals surface area contributed by atoms with E-state index in [1.165, 1.54) is 18.3 Å². The molecule has 0 unspecified atom stereocenters. The Balaban J connectivity index is 2.64. The van der Waals surface area contributed by atoms with Crippen molar-refractivity contribution in [2.45, 2.75) is 12.6 Å².